The van der Waals surface area contributed by atoms with Crippen LogP contribution in [0.3, 0.4) is 0 Å². The van der Waals surface area contributed by atoms with Crippen LogP contribution in [0.2, 0.25) is 0 Å². The van der Waals surface area contributed by atoms with Crippen LogP contribution in [0.1, 0.15) is 18.2 Å². The zero-order valence-electron chi connectivity index (χ0n) is 19.1. The fourth-order valence-corrected chi connectivity index (χ4v) is 2.83. The molecule has 11 heteroatoms. The van der Waals surface area contributed by atoms with Gasteiger partial charge >= 0.3 is 5.69 Å². The average molecular weight is 436 g/mol. The predicted molar refractivity (Wildman–Crippen MR) is 119 cm³/mol. The molecule has 0 aliphatic heterocycles. The van der Waals surface area contributed by atoms with E-state index in [4.69, 9.17) is 5.73 Å². The highest BCUT2D eigenvalue weighted by molar-refractivity contribution is 5.97. The molecule has 0 aliphatic rings. The van der Waals surface area contributed by atoms with Crippen LogP contribution < -0.4 is 32.9 Å². The molecule has 31 heavy (non-hydrogen) atoms. The Morgan fingerprint density at radius 2 is 1.77 bits per heavy atom. The van der Waals surface area contributed by atoms with E-state index in [1.807, 2.05) is 0 Å². The molecule has 0 fully saturated rings. The Bertz CT molecular complexity index is 1000. The first kappa shape index (κ1) is 25.7. The zero-order chi connectivity index (χ0) is 23.9. The number of ketones is 2. The molecule has 1 heterocycles. The smallest absolute Gasteiger partial charge is 0.330 e. The topological polar surface area (TPSA) is 143 Å². The van der Waals surface area contributed by atoms with Crippen molar-refractivity contribution in [1.29, 1.82) is 0 Å². The predicted octanol–water partition coefficient (Wildman–Crippen LogP) is -1.98. The summed E-state index contributed by atoms with van der Waals surface area (Å²) in [5, 5.41) is 8.57. The Hall–Kier alpha value is -3.34. The van der Waals surface area contributed by atoms with E-state index >= 15 is 0 Å². The van der Waals surface area contributed by atoms with Crippen molar-refractivity contribution < 1.29 is 9.59 Å². The molecule has 0 aromatic carbocycles. The number of rotatable bonds is 12. The number of allylic oxidation sites excluding steroid dienone is 1. The van der Waals surface area contributed by atoms with E-state index in [-0.39, 0.29) is 49.1 Å². The molecule has 0 saturated heterocycles. The fraction of sp³-hybridized carbons (Fsp3) is 0.500. The van der Waals surface area contributed by atoms with Crippen LogP contribution in [0.15, 0.2) is 33.4 Å². The highest BCUT2D eigenvalue weighted by Crippen LogP contribution is 2.01. The lowest BCUT2D eigenvalue weighted by molar-refractivity contribution is -0.117. The summed E-state index contributed by atoms with van der Waals surface area (Å²) in [6, 6.07) is 0. The third-order valence-corrected chi connectivity index (χ3v) is 4.97. The molecule has 0 bridgehead atoms. The lowest BCUT2D eigenvalue weighted by Gasteiger charge is -2.21. The van der Waals surface area contributed by atoms with Crippen molar-refractivity contribution in [1.82, 2.24) is 30.0 Å². The minimum atomic E-state index is -0.406. The number of aromatic nitrogens is 2. The summed E-state index contributed by atoms with van der Waals surface area (Å²) in [7, 11) is 6.40. The number of likely N-dealkylation sites (N-methyl/N-ethyl adjacent to an activating group) is 1. The second-order valence-electron chi connectivity index (χ2n) is 7.30. The van der Waals surface area contributed by atoms with E-state index in [1.54, 1.807) is 39.9 Å². The summed E-state index contributed by atoms with van der Waals surface area (Å²) in [5.41, 5.74) is 6.39. The molecule has 1 rings (SSSR count). The summed E-state index contributed by atoms with van der Waals surface area (Å²) in [6.07, 6.45) is 0. The third-order valence-electron chi connectivity index (χ3n) is 4.97. The molecule has 0 spiro atoms. The van der Waals surface area contributed by atoms with Crippen LogP contribution in [0.25, 0.3) is 0 Å². The summed E-state index contributed by atoms with van der Waals surface area (Å²) in [6.45, 7) is 7.07. The normalized spacial score (nSPS) is 11.5. The molecular formula is C20H33N7O4. The Morgan fingerprint density at radius 1 is 1.16 bits per heavy atom. The van der Waals surface area contributed by atoms with Crippen LogP contribution in [0, 0.1) is 6.92 Å². The fourth-order valence-electron chi connectivity index (χ4n) is 2.83. The number of Topliss-reactive ketones (excluding diaryl/α,β-unsaturated/α-hetero) is 2. The molecule has 5 N–H and O–H groups in total. The highest BCUT2D eigenvalue weighted by Gasteiger charge is 2.16. The number of nitrogens with one attached hydrogen (secondary N) is 3. The molecule has 11 nitrogen and oxygen atoms in total. The van der Waals surface area contributed by atoms with Gasteiger partial charge in [0.2, 0.25) is 0 Å². The Labute approximate surface area is 181 Å². The van der Waals surface area contributed by atoms with Gasteiger partial charge in [-0.1, -0.05) is 6.58 Å². The first-order valence-corrected chi connectivity index (χ1v) is 9.71. The summed E-state index contributed by atoms with van der Waals surface area (Å²) in [5.74, 6) is 0.0744. The minimum absolute atomic E-state index is 0.0278. The lowest BCUT2D eigenvalue weighted by Crippen LogP contribution is -2.42. The molecule has 0 atom stereocenters. The van der Waals surface area contributed by atoms with Crippen LogP contribution in [-0.2, 0) is 30.2 Å². The molecule has 172 valence electrons. The van der Waals surface area contributed by atoms with Gasteiger partial charge in [-0.15, -0.1) is 0 Å². The van der Waals surface area contributed by atoms with Crippen molar-refractivity contribution in [3.05, 3.63) is 55.9 Å². The summed E-state index contributed by atoms with van der Waals surface area (Å²) in [4.78, 5) is 50.6. The summed E-state index contributed by atoms with van der Waals surface area (Å²) >= 11 is 0. The maximum atomic E-state index is 12.5. The minimum Gasteiger partial charge on any atom is -0.401 e. The Kier molecular flexibility index (Phi) is 9.25. The van der Waals surface area contributed by atoms with Gasteiger partial charge in [-0.05, 0) is 13.8 Å². The number of carbonyl (C=O) groups is 2. The molecule has 0 saturated carbocycles. The van der Waals surface area contributed by atoms with Crippen molar-refractivity contribution in [2.75, 3.05) is 33.7 Å². The molecule has 0 aliphatic carbocycles. The van der Waals surface area contributed by atoms with Gasteiger partial charge in [-0.2, -0.15) is 0 Å². The maximum Gasteiger partial charge on any atom is 0.330 e. The van der Waals surface area contributed by atoms with Gasteiger partial charge in [0.1, 0.15) is 0 Å². The molecule has 1 aromatic heterocycles. The highest BCUT2D eigenvalue weighted by atomic mass is 16.2. The van der Waals surface area contributed by atoms with E-state index < -0.39 is 11.2 Å². The Morgan fingerprint density at radius 3 is 2.32 bits per heavy atom. The second-order valence-corrected chi connectivity index (χ2v) is 7.30. The molecular weight excluding hydrogens is 402 g/mol. The average Bonchev–Trinajstić information content (AvgIpc) is 2.72. The van der Waals surface area contributed by atoms with Crippen LogP contribution in [-0.4, -0.2) is 59.3 Å². The quantitative estimate of drug-likeness (QED) is 0.275. The van der Waals surface area contributed by atoms with Crippen molar-refractivity contribution >= 4 is 11.6 Å². The van der Waals surface area contributed by atoms with E-state index in [1.165, 1.54) is 11.6 Å². The zero-order valence-corrected chi connectivity index (χ0v) is 19.1. The SMILES string of the molecule is C=C(NC)N(C)CC(=O)/C(NCC(=O)CNCc1c(C)n(C)c(=O)n(C)c1=O)=C(\C)N. The van der Waals surface area contributed by atoms with Gasteiger partial charge in [-0.25, -0.2) is 4.79 Å². The van der Waals surface area contributed by atoms with Crippen LogP contribution in [0.4, 0.5) is 0 Å². The number of hydrogen-bond acceptors (Lipinski definition) is 9. The van der Waals surface area contributed by atoms with Crippen molar-refractivity contribution in [3.8, 4) is 0 Å². The molecule has 0 amide bonds. The van der Waals surface area contributed by atoms with Gasteiger partial charge in [0.15, 0.2) is 11.6 Å². The van der Waals surface area contributed by atoms with E-state index in [0.717, 1.165) is 4.57 Å². The monoisotopic (exact) mass is 435 g/mol. The van der Waals surface area contributed by atoms with Crippen LogP contribution >= 0.6 is 0 Å². The first-order valence-electron chi connectivity index (χ1n) is 9.71. The second kappa shape index (κ2) is 11.2. The van der Waals surface area contributed by atoms with Crippen LogP contribution in [0.5, 0.6) is 0 Å². The number of nitrogens with two attached hydrogens (primary N) is 1. The van der Waals surface area contributed by atoms with Gasteiger partial charge in [0.25, 0.3) is 5.56 Å². The molecule has 0 unspecified atom stereocenters. The molecule has 0 radical (unpaired) electrons. The standard InChI is InChI=1S/C20H33N7O4/c1-12(21)18(17(29)11-25(5)14(3)22-4)24-9-15(28)8-23-10-16-13(2)26(6)20(31)27(7)19(16)30/h22-24H,3,8-11,21H2,1-2,4-7H3/b18-12-. The van der Waals surface area contributed by atoms with E-state index in [9.17, 15) is 19.2 Å². The van der Waals surface area contributed by atoms with Crippen molar-refractivity contribution in [3.63, 3.8) is 0 Å². The van der Waals surface area contributed by atoms with E-state index in [2.05, 4.69) is 22.5 Å². The Balaban J connectivity index is 2.68. The largest absolute Gasteiger partial charge is 0.401 e. The number of carbonyl (C=O) groups excluding carboxylic acids is 2. The van der Waals surface area contributed by atoms with Gasteiger partial charge in [0, 0.05) is 46.1 Å². The molecule has 1 aromatic rings. The van der Waals surface area contributed by atoms with Gasteiger partial charge in [0.05, 0.1) is 36.7 Å². The lowest BCUT2D eigenvalue weighted by atomic mass is 10.2. The summed E-state index contributed by atoms with van der Waals surface area (Å²) < 4.78 is 2.41. The van der Waals surface area contributed by atoms with Gasteiger partial charge < -0.3 is 31.2 Å². The van der Waals surface area contributed by atoms with Crippen molar-refractivity contribution in [2.45, 2.75) is 20.4 Å². The van der Waals surface area contributed by atoms with Gasteiger partial charge in [-0.3, -0.25) is 19.0 Å². The van der Waals surface area contributed by atoms with Crippen molar-refractivity contribution in [2.24, 2.45) is 19.8 Å². The number of nitrogens with zero attached hydrogens (tertiary/aromatic N) is 3. The maximum absolute atomic E-state index is 12.5. The third kappa shape index (κ3) is 6.57. The first-order chi connectivity index (χ1) is 14.4. The number of hydrogen-bond donors (Lipinski definition) is 4. The van der Waals surface area contributed by atoms with E-state index in [0.29, 0.717) is 17.1 Å².